The second-order valence-corrected chi connectivity index (χ2v) is 6.48. The summed E-state index contributed by atoms with van der Waals surface area (Å²) in [6, 6.07) is 13.3. The summed E-state index contributed by atoms with van der Waals surface area (Å²) in [6.07, 6.45) is 3.46. The number of aromatic nitrogens is 1. The number of hydrogen-bond acceptors (Lipinski definition) is 3. The van der Waals surface area contributed by atoms with Crippen molar-refractivity contribution in [3.05, 3.63) is 42.1 Å². The number of nitrogens with one attached hydrogen (secondary N) is 4. The number of benzene rings is 1. The third kappa shape index (κ3) is 2.72. The van der Waals surface area contributed by atoms with Crippen molar-refractivity contribution < 1.29 is 4.79 Å². The smallest absolute Gasteiger partial charge is 0.267 e. The van der Waals surface area contributed by atoms with Gasteiger partial charge in [-0.1, -0.05) is 12.1 Å². The van der Waals surface area contributed by atoms with E-state index in [1.807, 2.05) is 43.4 Å². The Kier molecular flexibility index (Phi) is 3.58. The van der Waals surface area contributed by atoms with Crippen LogP contribution in [0.25, 0.3) is 11.3 Å². The third-order valence-corrected chi connectivity index (χ3v) is 5.03. The van der Waals surface area contributed by atoms with E-state index in [1.165, 1.54) is 12.8 Å². The maximum atomic E-state index is 12.4. The van der Waals surface area contributed by atoms with Gasteiger partial charge in [0.15, 0.2) is 0 Å². The molecule has 0 unspecified atom stereocenters. The van der Waals surface area contributed by atoms with Crippen LogP contribution >= 0.6 is 0 Å². The number of amides is 1. The van der Waals surface area contributed by atoms with Gasteiger partial charge in [-0.15, -0.1) is 0 Å². The van der Waals surface area contributed by atoms with Crippen molar-refractivity contribution >= 4 is 11.6 Å². The van der Waals surface area contributed by atoms with E-state index in [-0.39, 0.29) is 11.9 Å². The van der Waals surface area contributed by atoms with Gasteiger partial charge in [-0.25, -0.2) is 0 Å². The molecule has 23 heavy (non-hydrogen) atoms. The van der Waals surface area contributed by atoms with Gasteiger partial charge in [-0.2, -0.15) is 0 Å². The van der Waals surface area contributed by atoms with E-state index >= 15 is 0 Å². The molecule has 2 saturated heterocycles. The first-order valence-corrected chi connectivity index (χ1v) is 8.27. The Morgan fingerprint density at radius 2 is 1.96 bits per heavy atom. The zero-order valence-corrected chi connectivity index (χ0v) is 13.2. The molecule has 2 fully saturated rings. The highest BCUT2D eigenvalue weighted by Crippen LogP contribution is 2.28. The summed E-state index contributed by atoms with van der Waals surface area (Å²) >= 11 is 0. The molecule has 0 spiro atoms. The molecule has 2 aliphatic heterocycles. The molecule has 4 rings (SSSR count). The maximum absolute atomic E-state index is 12.4. The average Bonchev–Trinajstić information content (AvgIpc) is 3.31. The summed E-state index contributed by atoms with van der Waals surface area (Å²) in [7, 11) is 1.90. The van der Waals surface area contributed by atoms with Crippen LogP contribution in [0.1, 0.15) is 29.8 Å². The molecular weight excluding hydrogens is 288 g/mol. The van der Waals surface area contributed by atoms with Crippen molar-refractivity contribution in [2.75, 3.05) is 12.4 Å². The van der Waals surface area contributed by atoms with Crippen molar-refractivity contribution in [3.8, 4) is 11.3 Å². The molecule has 5 nitrogen and oxygen atoms in total. The van der Waals surface area contributed by atoms with Crippen LogP contribution in [0.2, 0.25) is 0 Å². The SMILES string of the molecule is CNc1ccc(-c2ccc(C(=O)N[C@@H]3C[C@@H]4CC[C@@H]3N4)[nH]2)cc1. The second-order valence-electron chi connectivity index (χ2n) is 6.48. The fourth-order valence-corrected chi connectivity index (χ4v) is 3.74. The van der Waals surface area contributed by atoms with Crippen molar-refractivity contribution in [2.45, 2.75) is 37.4 Å². The highest BCUT2D eigenvalue weighted by atomic mass is 16.2. The lowest BCUT2D eigenvalue weighted by molar-refractivity contribution is 0.0926. The summed E-state index contributed by atoms with van der Waals surface area (Å²) in [6.45, 7) is 0. The zero-order valence-electron chi connectivity index (χ0n) is 13.2. The van der Waals surface area contributed by atoms with Crippen molar-refractivity contribution in [1.29, 1.82) is 0 Å². The molecule has 0 aliphatic carbocycles. The van der Waals surface area contributed by atoms with Gasteiger partial charge < -0.3 is 20.9 Å². The van der Waals surface area contributed by atoms with Crippen molar-refractivity contribution in [3.63, 3.8) is 0 Å². The van der Waals surface area contributed by atoms with Gasteiger partial charge in [0, 0.05) is 36.6 Å². The lowest BCUT2D eigenvalue weighted by Gasteiger charge is -2.21. The number of anilines is 1. The number of fused-ring (bicyclic) bond motifs is 2. The number of hydrogen-bond donors (Lipinski definition) is 4. The summed E-state index contributed by atoms with van der Waals surface area (Å²) in [4.78, 5) is 15.7. The van der Waals surface area contributed by atoms with E-state index in [2.05, 4.69) is 20.9 Å². The van der Waals surface area contributed by atoms with Gasteiger partial charge in [-0.05, 0) is 49.1 Å². The molecule has 2 aromatic rings. The largest absolute Gasteiger partial charge is 0.388 e. The highest BCUT2D eigenvalue weighted by Gasteiger charge is 2.39. The maximum Gasteiger partial charge on any atom is 0.267 e. The zero-order chi connectivity index (χ0) is 15.8. The third-order valence-electron chi connectivity index (χ3n) is 5.03. The Bertz CT molecular complexity index is 706. The Labute approximate surface area is 135 Å². The first kappa shape index (κ1) is 14.3. The molecule has 1 amide bonds. The molecule has 120 valence electrons. The van der Waals surface area contributed by atoms with Crippen LogP contribution in [0, 0.1) is 0 Å². The van der Waals surface area contributed by atoms with Crippen LogP contribution in [0.3, 0.4) is 0 Å². The molecule has 4 N–H and O–H groups in total. The minimum Gasteiger partial charge on any atom is -0.388 e. The molecule has 0 radical (unpaired) electrons. The first-order valence-electron chi connectivity index (χ1n) is 8.27. The van der Waals surface area contributed by atoms with E-state index in [0.29, 0.717) is 17.8 Å². The van der Waals surface area contributed by atoms with Crippen LogP contribution < -0.4 is 16.0 Å². The topological polar surface area (TPSA) is 69.0 Å². The second kappa shape index (κ2) is 5.74. The quantitative estimate of drug-likeness (QED) is 0.701. The Morgan fingerprint density at radius 3 is 2.61 bits per heavy atom. The fraction of sp³-hybridized carbons (Fsp3) is 0.389. The number of rotatable bonds is 4. The van der Waals surface area contributed by atoms with Crippen LogP contribution in [-0.4, -0.2) is 36.1 Å². The average molecular weight is 310 g/mol. The lowest BCUT2D eigenvalue weighted by atomic mass is 9.95. The number of aromatic amines is 1. The van der Waals surface area contributed by atoms with Crippen LogP contribution in [0.5, 0.6) is 0 Å². The number of carbonyl (C=O) groups excluding carboxylic acids is 1. The predicted molar refractivity (Wildman–Crippen MR) is 91.6 cm³/mol. The lowest BCUT2D eigenvalue weighted by Crippen LogP contribution is -2.43. The Hall–Kier alpha value is -2.27. The molecule has 3 heterocycles. The summed E-state index contributed by atoms with van der Waals surface area (Å²) in [5, 5.41) is 9.82. The van der Waals surface area contributed by atoms with Gasteiger partial charge in [0.1, 0.15) is 5.69 Å². The molecule has 1 aromatic heterocycles. The van der Waals surface area contributed by atoms with Gasteiger partial charge in [0.25, 0.3) is 5.91 Å². The van der Waals surface area contributed by atoms with E-state index in [4.69, 9.17) is 0 Å². The molecule has 2 aliphatic rings. The first-order chi connectivity index (χ1) is 11.2. The predicted octanol–water partition coefficient (Wildman–Crippen LogP) is 2.35. The molecule has 2 bridgehead atoms. The van der Waals surface area contributed by atoms with E-state index < -0.39 is 0 Å². The van der Waals surface area contributed by atoms with Gasteiger partial charge >= 0.3 is 0 Å². The summed E-state index contributed by atoms with van der Waals surface area (Å²) in [5.74, 6) is -0.0116. The minimum absolute atomic E-state index is 0.0116. The highest BCUT2D eigenvalue weighted by molar-refractivity contribution is 5.93. The van der Waals surface area contributed by atoms with Crippen molar-refractivity contribution in [1.82, 2.24) is 15.6 Å². The van der Waals surface area contributed by atoms with E-state index in [1.54, 1.807) is 0 Å². The summed E-state index contributed by atoms with van der Waals surface area (Å²) in [5.41, 5.74) is 3.73. The molecule has 5 heteroatoms. The number of carbonyl (C=O) groups is 1. The van der Waals surface area contributed by atoms with Gasteiger partial charge in [-0.3, -0.25) is 4.79 Å². The van der Waals surface area contributed by atoms with E-state index in [0.717, 1.165) is 23.4 Å². The summed E-state index contributed by atoms with van der Waals surface area (Å²) < 4.78 is 0. The van der Waals surface area contributed by atoms with Gasteiger partial charge in [0.05, 0.1) is 0 Å². The molecule has 3 atom stereocenters. The van der Waals surface area contributed by atoms with Gasteiger partial charge in [0.2, 0.25) is 0 Å². The standard InChI is InChI=1S/C18H22N4O/c1-19-12-4-2-11(3-5-12)14-8-9-16(21-14)18(23)22-17-10-13-6-7-15(17)20-13/h2-5,8-9,13,15,17,19-21H,6-7,10H2,1H3,(H,22,23)/t13-,15-,17+/m0/s1. The van der Waals surface area contributed by atoms with Crippen molar-refractivity contribution in [2.24, 2.45) is 0 Å². The van der Waals surface area contributed by atoms with E-state index in [9.17, 15) is 4.79 Å². The molecule has 0 saturated carbocycles. The minimum atomic E-state index is -0.0116. The fourth-order valence-electron chi connectivity index (χ4n) is 3.74. The molecular formula is C18H22N4O. The molecule has 1 aromatic carbocycles. The monoisotopic (exact) mass is 310 g/mol. The Balaban J connectivity index is 1.45. The van der Waals surface area contributed by atoms with Crippen LogP contribution in [-0.2, 0) is 0 Å². The Morgan fingerprint density at radius 1 is 1.13 bits per heavy atom. The number of H-pyrrole nitrogens is 1. The van der Waals surface area contributed by atoms with Crippen LogP contribution in [0.15, 0.2) is 36.4 Å². The van der Waals surface area contributed by atoms with Crippen LogP contribution in [0.4, 0.5) is 5.69 Å². The normalized spacial score (nSPS) is 25.5.